The van der Waals surface area contributed by atoms with Gasteiger partial charge in [-0.3, -0.25) is 5.10 Å². The van der Waals surface area contributed by atoms with E-state index >= 15 is 0 Å². The number of anilines is 1. The molecule has 4 heteroatoms. The Hall–Kier alpha value is -1.03. The molecule has 1 aliphatic carbocycles. The van der Waals surface area contributed by atoms with Crippen molar-refractivity contribution in [2.75, 3.05) is 31.1 Å². The Balaban J connectivity index is 1.97. The van der Waals surface area contributed by atoms with E-state index in [9.17, 15) is 0 Å². The molecule has 0 radical (unpaired) electrons. The maximum atomic E-state index is 4.70. The van der Waals surface area contributed by atoms with Crippen molar-refractivity contribution in [1.82, 2.24) is 15.5 Å². The van der Waals surface area contributed by atoms with Crippen molar-refractivity contribution >= 4 is 5.82 Å². The molecule has 0 aromatic carbocycles. The number of fused-ring (bicyclic) bond motifs is 1. The van der Waals surface area contributed by atoms with Crippen molar-refractivity contribution in [3.05, 3.63) is 11.3 Å². The molecule has 20 heavy (non-hydrogen) atoms. The fraction of sp³-hybridized carbons (Fsp3) is 0.812. The Kier molecular flexibility index (Phi) is 3.32. The summed E-state index contributed by atoms with van der Waals surface area (Å²) < 4.78 is 0. The second kappa shape index (κ2) is 4.76. The molecule has 0 saturated carbocycles. The molecule has 1 aromatic rings. The maximum absolute atomic E-state index is 4.70. The zero-order chi connectivity index (χ0) is 14.4. The van der Waals surface area contributed by atoms with Gasteiger partial charge in [-0.25, -0.2) is 0 Å². The first kappa shape index (κ1) is 13.9. The number of aromatic amines is 1. The fourth-order valence-corrected chi connectivity index (χ4v) is 4.32. The van der Waals surface area contributed by atoms with E-state index in [1.807, 2.05) is 0 Å². The van der Waals surface area contributed by atoms with Crippen molar-refractivity contribution in [2.24, 2.45) is 5.41 Å². The molecule has 0 bridgehead atoms. The summed E-state index contributed by atoms with van der Waals surface area (Å²) in [4.78, 5) is 2.47. The molecule has 0 unspecified atom stereocenters. The SMILES string of the molecule is CC1(C)Cc2[nH]nc(N3CCCNCC3)c2C(C)(C)C1. The lowest BCUT2D eigenvalue weighted by Gasteiger charge is -2.41. The lowest BCUT2D eigenvalue weighted by atomic mass is 9.64. The van der Waals surface area contributed by atoms with Crippen LogP contribution in [-0.4, -0.2) is 36.4 Å². The average molecular weight is 276 g/mol. The highest BCUT2D eigenvalue weighted by Gasteiger charge is 2.41. The molecule has 1 saturated heterocycles. The first-order valence-electron chi connectivity index (χ1n) is 7.92. The number of rotatable bonds is 1. The van der Waals surface area contributed by atoms with Gasteiger partial charge in [0.25, 0.3) is 0 Å². The van der Waals surface area contributed by atoms with Gasteiger partial charge in [0, 0.05) is 30.9 Å². The van der Waals surface area contributed by atoms with Crippen molar-refractivity contribution in [3.8, 4) is 0 Å². The molecule has 1 fully saturated rings. The zero-order valence-corrected chi connectivity index (χ0v) is 13.3. The maximum Gasteiger partial charge on any atom is 0.154 e. The summed E-state index contributed by atoms with van der Waals surface area (Å²) in [5, 5.41) is 11.5. The summed E-state index contributed by atoms with van der Waals surface area (Å²) in [7, 11) is 0. The van der Waals surface area contributed by atoms with Crippen LogP contribution in [0.5, 0.6) is 0 Å². The topological polar surface area (TPSA) is 44.0 Å². The van der Waals surface area contributed by atoms with E-state index in [1.165, 1.54) is 29.9 Å². The van der Waals surface area contributed by atoms with E-state index < -0.39 is 0 Å². The van der Waals surface area contributed by atoms with E-state index in [1.54, 1.807) is 0 Å². The van der Waals surface area contributed by atoms with E-state index in [0.29, 0.717) is 5.41 Å². The first-order chi connectivity index (χ1) is 9.39. The quantitative estimate of drug-likeness (QED) is 0.828. The molecule has 3 rings (SSSR count). The minimum Gasteiger partial charge on any atom is -0.354 e. The Morgan fingerprint density at radius 3 is 2.70 bits per heavy atom. The molecule has 0 amide bonds. The van der Waals surface area contributed by atoms with Crippen LogP contribution in [0.15, 0.2) is 0 Å². The van der Waals surface area contributed by atoms with Crippen LogP contribution in [0.2, 0.25) is 0 Å². The summed E-state index contributed by atoms with van der Waals surface area (Å²) in [5.74, 6) is 1.21. The molecular weight excluding hydrogens is 248 g/mol. The highest BCUT2D eigenvalue weighted by molar-refractivity contribution is 5.54. The highest BCUT2D eigenvalue weighted by Crippen LogP contribution is 2.48. The van der Waals surface area contributed by atoms with Crippen LogP contribution >= 0.6 is 0 Å². The molecule has 4 nitrogen and oxygen atoms in total. The normalized spacial score (nSPS) is 25.1. The van der Waals surface area contributed by atoms with Crippen LogP contribution in [-0.2, 0) is 11.8 Å². The van der Waals surface area contributed by atoms with Gasteiger partial charge in [0.05, 0.1) is 0 Å². The Morgan fingerprint density at radius 1 is 1.10 bits per heavy atom. The first-order valence-corrected chi connectivity index (χ1v) is 7.92. The van der Waals surface area contributed by atoms with Gasteiger partial charge in [-0.15, -0.1) is 0 Å². The number of H-pyrrole nitrogens is 1. The van der Waals surface area contributed by atoms with Gasteiger partial charge in [0.15, 0.2) is 5.82 Å². The smallest absolute Gasteiger partial charge is 0.154 e. The summed E-state index contributed by atoms with van der Waals surface area (Å²) in [6, 6.07) is 0. The molecule has 1 aliphatic heterocycles. The predicted octanol–water partition coefficient (Wildman–Crippen LogP) is 2.46. The predicted molar refractivity (Wildman–Crippen MR) is 83.4 cm³/mol. The third-order valence-corrected chi connectivity index (χ3v) is 4.71. The van der Waals surface area contributed by atoms with E-state index in [4.69, 9.17) is 5.10 Å². The summed E-state index contributed by atoms with van der Waals surface area (Å²) in [5.41, 5.74) is 3.40. The lowest BCUT2D eigenvalue weighted by molar-refractivity contribution is 0.230. The Labute approximate surface area is 122 Å². The zero-order valence-electron chi connectivity index (χ0n) is 13.3. The van der Waals surface area contributed by atoms with Gasteiger partial charge in [-0.2, -0.15) is 5.10 Å². The van der Waals surface area contributed by atoms with Gasteiger partial charge in [-0.05, 0) is 36.6 Å². The third-order valence-electron chi connectivity index (χ3n) is 4.71. The minimum absolute atomic E-state index is 0.207. The van der Waals surface area contributed by atoms with Crippen molar-refractivity contribution in [3.63, 3.8) is 0 Å². The summed E-state index contributed by atoms with van der Waals surface area (Å²) in [6.07, 6.45) is 3.55. The van der Waals surface area contributed by atoms with Gasteiger partial charge >= 0.3 is 0 Å². The van der Waals surface area contributed by atoms with Gasteiger partial charge in [0.1, 0.15) is 0 Å². The standard InChI is InChI=1S/C16H28N4/c1-15(2)10-12-13(16(3,4)11-15)14(19-18-12)20-8-5-6-17-7-9-20/h17H,5-11H2,1-4H3,(H,18,19). The Morgan fingerprint density at radius 2 is 1.90 bits per heavy atom. The van der Waals surface area contributed by atoms with E-state index in [-0.39, 0.29) is 5.41 Å². The molecule has 2 aliphatic rings. The lowest BCUT2D eigenvalue weighted by Crippen LogP contribution is -2.37. The number of hydrogen-bond acceptors (Lipinski definition) is 3. The number of hydrogen-bond donors (Lipinski definition) is 2. The fourth-order valence-electron chi connectivity index (χ4n) is 4.32. The number of nitrogens with one attached hydrogen (secondary N) is 2. The van der Waals surface area contributed by atoms with Crippen molar-refractivity contribution in [1.29, 1.82) is 0 Å². The molecule has 2 N–H and O–H groups in total. The second-order valence-electron chi connectivity index (χ2n) is 7.89. The monoisotopic (exact) mass is 276 g/mol. The van der Waals surface area contributed by atoms with Gasteiger partial charge in [-0.1, -0.05) is 27.7 Å². The van der Waals surface area contributed by atoms with E-state index in [0.717, 1.165) is 32.6 Å². The molecule has 2 heterocycles. The van der Waals surface area contributed by atoms with Crippen LogP contribution < -0.4 is 10.2 Å². The summed E-state index contributed by atoms with van der Waals surface area (Å²) in [6.45, 7) is 13.9. The van der Waals surface area contributed by atoms with Crippen LogP contribution in [0.25, 0.3) is 0 Å². The largest absolute Gasteiger partial charge is 0.354 e. The van der Waals surface area contributed by atoms with Crippen LogP contribution in [0, 0.1) is 5.41 Å². The van der Waals surface area contributed by atoms with Crippen molar-refractivity contribution in [2.45, 2.75) is 52.4 Å². The molecular formula is C16H28N4. The number of nitrogens with zero attached hydrogens (tertiary/aromatic N) is 2. The molecule has 112 valence electrons. The van der Waals surface area contributed by atoms with Crippen LogP contribution in [0.4, 0.5) is 5.82 Å². The van der Waals surface area contributed by atoms with Crippen molar-refractivity contribution < 1.29 is 0 Å². The second-order valence-corrected chi connectivity index (χ2v) is 7.89. The molecule has 0 spiro atoms. The van der Waals surface area contributed by atoms with Gasteiger partial charge in [0.2, 0.25) is 0 Å². The third kappa shape index (κ3) is 2.46. The minimum atomic E-state index is 0.207. The molecule has 1 aromatic heterocycles. The Bertz CT molecular complexity index is 479. The van der Waals surface area contributed by atoms with E-state index in [2.05, 4.69) is 43.0 Å². The number of aromatic nitrogens is 2. The summed E-state index contributed by atoms with van der Waals surface area (Å²) >= 11 is 0. The highest BCUT2D eigenvalue weighted by atomic mass is 15.3. The molecule has 0 atom stereocenters. The average Bonchev–Trinajstić information content (AvgIpc) is 2.58. The van der Waals surface area contributed by atoms with Crippen LogP contribution in [0.1, 0.15) is 51.8 Å². The van der Waals surface area contributed by atoms with Crippen LogP contribution in [0.3, 0.4) is 0 Å². The van der Waals surface area contributed by atoms with Gasteiger partial charge < -0.3 is 10.2 Å².